The number of rotatable bonds is 10. The van der Waals surface area contributed by atoms with E-state index in [-0.39, 0.29) is 6.10 Å². The Morgan fingerprint density at radius 1 is 0.857 bits per heavy atom. The van der Waals surface area contributed by atoms with Gasteiger partial charge in [0.2, 0.25) is 0 Å². The Labute approximate surface area is 173 Å². The predicted octanol–water partition coefficient (Wildman–Crippen LogP) is 5.09. The van der Waals surface area contributed by atoms with Gasteiger partial charge in [-0.15, -0.1) is 0 Å². The van der Waals surface area contributed by atoms with Gasteiger partial charge >= 0.3 is 0 Å². The van der Waals surface area contributed by atoms with E-state index in [2.05, 4.69) is 34.6 Å². The minimum atomic E-state index is 0.251. The summed E-state index contributed by atoms with van der Waals surface area (Å²) in [6.07, 6.45) is 8.49. The molecule has 0 spiro atoms. The van der Waals surface area contributed by atoms with Crippen LogP contribution in [-0.2, 0) is 18.9 Å². The van der Waals surface area contributed by atoms with Crippen molar-refractivity contribution in [1.82, 2.24) is 0 Å². The summed E-state index contributed by atoms with van der Waals surface area (Å²) >= 11 is 0. The zero-order valence-corrected chi connectivity index (χ0v) is 19.0. The lowest BCUT2D eigenvalue weighted by Gasteiger charge is -2.44. The van der Waals surface area contributed by atoms with Crippen LogP contribution >= 0.6 is 0 Å². The van der Waals surface area contributed by atoms with Gasteiger partial charge in [0.1, 0.15) is 0 Å². The average Bonchev–Trinajstić information content (AvgIpc) is 2.58. The molecule has 28 heavy (non-hydrogen) atoms. The maximum atomic E-state index is 6.12. The highest BCUT2D eigenvalue weighted by molar-refractivity contribution is 4.88. The summed E-state index contributed by atoms with van der Waals surface area (Å²) in [5.74, 6) is 2.94. The molecule has 0 aromatic carbocycles. The molecule has 0 aromatic heterocycles. The van der Waals surface area contributed by atoms with Crippen molar-refractivity contribution in [1.29, 1.82) is 0 Å². The Bertz CT molecular complexity index is 442. The fraction of sp³-hybridized carbons (Fsp3) is 1.00. The van der Waals surface area contributed by atoms with E-state index in [1.165, 1.54) is 32.1 Å². The maximum absolute atomic E-state index is 6.12. The third-order valence-electron chi connectivity index (χ3n) is 7.59. The van der Waals surface area contributed by atoms with Crippen LogP contribution in [0.2, 0.25) is 0 Å². The van der Waals surface area contributed by atoms with Gasteiger partial charge in [-0.2, -0.15) is 0 Å². The second-order valence-electron chi connectivity index (χ2n) is 10.8. The lowest BCUT2D eigenvalue weighted by atomic mass is 9.67. The Morgan fingerprint density at radius 2 is 1.46 bits per heavy atom. The van der Waals surface area contributed by atoms with E-state index in [1.54, 1.807) is 0 Å². The first-order valence-electron chi connectivity index (χ1n) is 11.8. The molecular weight excluding hydrogens is 352 g/mol. The van der Waals surface area contributed by atoms with Gasteiger partial charge in [-0.3, -0.25) is 0 Å². The summed E-state index contributed by atoms with van der Waals surface area (Å²) < 4.78 is 23.5. The molecule has 0 N–H and O–H groups in total. The number of hydrogen-bond donors (Lipinski definition) is 0. The van der Waals surface area contributed by atoms with Crippen molar-refractivity contribution in [2.75, 3.05) is 33.0 Å². The van der Waals surface area contributed by atoms with Crippen LogP contribution in [0.1, 0.15) is 73.1 Å². The van der Waals surface area contributed by atoms with Gasteiger partial charge in [0.05, 0.1) is 38.1 Å². The Morgan fingerprint density at radius 3 is 2.04 bits per heavy atom. The van der Waals surface area contributed by atoms with Gasteiger partial charge in [-0.25, -0.2) is 0 Å². The van der Waals surface area contributed by atoms with Crippen molar-refractivity contribution in [2.24, 2.45) is 29.1 Å². The fourth-order valence-corrected chi connectivity index (χ4v) is 4.71. The molecule has 1 aliphatic heterocycles. The summed E-state index contributed by atoms with van der Waals surface area (Å²) in [5, 5.41) is 0. The molecule has 0 amide bonds. The van der Waals surface area contributed by atoms with Gasteiger partial charge in [-0.05, 0) is 67.6 Å². The van der Waals surface area contributed by atoms with Gasteiger partial charge in [-0.1, -0.05) is 34.6 Å². The van der Waals surface area contributed by atoms with Crippen LogP contribution in [-0.4, -0.2) is 51.3 Å². The van der Waals surface area contributed by atoms with Crippen molar-refractivity contribution >= 4 is 0 Å². The third-order valence-corrected chi connectivity index (χ3v) is 7.59. The maximum Gasteiger partial charge on any atom is 0.0835 e. The molecule has 4 nitrogen and oxygen atoms in total. The first-order chi connectivity index (χ1) is 13.3. The highest BCUT2D eigenvalue weighted by atomic mass is 16.6. The van der Waals surface area contributed by atoms with E-state index in [9.17, 15) is 0 Å². The molecule has 0 radical (unpaired) electrons. The largest absolute Gasteiger partial charge is 0.378 e. The molecule has 0 bridgehead atoms. The third kappa shape index (κ3) is 6.42. The molecule has 2 saturated carbocycles. The summed E-state index contributed by atoms with van der Waals surface area (Å²) in [5.41, 5.74) is 0.448. The van der Waals surface area contributed by atoms with Gasteiger partial charge in [0.15, 0.2) is 0 Å². The van der Waals surface area contributed by atoms with Gasteiger partial charge in [0.25, 0.3) is 0 Å². The first kappa shape index (κ1) is 22.5. The second kappa shape index (κ2) is 10.2. The molecule has 2 aliphatic carbocycles. The van der Waals surface area contributed by atoms with E-state index in [0.29, 0.717) is 23.5 Å². The second-order valence-corrected chi connectivity index (χ2v) is 10.8. The fourth-order valence-electron chi connectivity index (χ4n) is 4.71. The van der Waals surface area contributed by atoms with E-state index >= 15 is 0 Å². The normalized spacial score (nSPS) is 35.7. The zero-order valence-electron chi connectivity index (χ0n) is 19.0. The molecular formula is C24H44O4. The van der Waals surface area contributed by atoms with Gasteiger partial charge in [0, 0.05) is 13.2 Å². The molecule has 3 aliphatic rings. The van der Waals surface area contributed by atoms with Crippen molar-refractivity contribution in [3.63, 3.8) is 0 Å². The van der Waals surface area contributed by atoms with Crippen LogP contribution in [0, 0.1) is 29.1 Å². The topological polar surface area (TPSA) is 36.9 Å². The lowest BCUT2D eigenvalue weighted by molar-refractivity contribution is -0.116. The van der Waals surface area contributed by atoms with Crippen LogP contribution in [0.5, 0.6) is 0 Å². The van der Waals surface area contributed by atoms with Crippen LogP contribution in [0.25, 0.3) is 0 Å². The molecule has 0 aromatic rings. The SMILES string of the molecule is CC(CCO[C@H]1C[C@H](C(C)(C)C)C1)C1CC(OCCC(C)[C@@H]2COCCO2)C1. The molecule has 164 valence electrons. The zero-order chi connectivity index (χ0) is 20.1. The molecule has 3 fully saturated rings. The lowest BCUT2D eigenvalue weighted by Crippen LogP contribution is -2.40. The van der Waals surface area contributed by atoms with Crippen LogP contribution < -0.4 is 0 Å². The monoisotopic (exact) mass is 396 g/mol. The van der Waals surface area contributed by atoms with Crippen molar-refractivity contribution in [3.05, 3.63) is 0 Å². The van der Waals surface area contributed by atoms with E-state index < -0.39 is 0 Å². The van der Waals surface area contributed by atoms with Gasteiger partial charge < -0.3 is 18.9 Å². The quantitative estimate of drug-likeness (QED) is 0.515. The molecule has 4 heteroatoms. The summed E-state index contributed by atoms with van der Waals surface area (Å²) in [4.78, 5) is 0. The Hall–Kier alpha value is -0.160. The summed E-state index contributed by atoms with van der Waals surface area (Å²) in [7, 11) is 0. The molecule has 3 atom stereocenters. The smallest absolute Gasteiger partial charge is 0.0835 e. The molecule has 2 unspecified atom stereocenters. The average molecular weight is 397 g/mol. The summed E-state index contributed by atoms with van der Waals surface area (Å²) in [6.45, 7) is 15.7. The standard InChI is InChI=1S/C24H44O4/c1-17(6-8-27-22-14-20(15-22)24(3,4)5)19-12-21(13-19)26-9-7-18(2)23-16-25-10-11-28-23/h17-23H,6-16H2,1-5H3/t17?,18?,19?,20-,21?,22-,23-/m0/s1. The Balaban J connectivity index is 1.18. The molecule has 1 saturated heterocycles. The van der Waals surface area contributed by atoms with Crippen LogP contribution in [0.3, 0.4) is 0 Å². The highest BCUT2D eigenvalue weighted by Gasteiger charge is 2.38. The van der Waals surface area contributed by atoms with E-state index in [1.807, 2.05) is 0 Å². The highest BCUT2D eigenvalue weighted by Crippen LogP contribution is 2.43. The van der Waals surface area contributed by atoms with Crippen molar-refractivity contribution in [2.45, 2.75) is 91.5 Å². The first-order valence-corrected chi connectivity index (χ1v) is 11.8. The van der Waals surface area contributed by atoms with E-state index in [4.69, 9.17) is 18.9 Å². The predicted molar refractivity (Wildman–Crippen MR) is 113 cm³/mol. The van der Waals surface area contributed by atoms with Crippen LogP contribution in [0.4, 0.5) is 0 Å². The molecule has 1 heterocycles. The summed E-state index contributed by atoms with van der Waals surface area (Å²) in [6, 6.07) is 0. The van der Waals surface area contributed by atoms with Crippen molar-refractivity contribution < 1.29 is 18.9 Å². The Kier molecular flexibility index (Phi) is 8.23. The minimum absolute atomic E-state index is 0.251. The van der Waals surface area contributed by atoms with E-state index in [0.717, 1.165) is 57.2 Å². The minimum Gasteiger partial charge on any atom is -0.378 e. The van der Waals surface area contributed by atoms with Crippen molar-refractivity contribution in [3.8, 4) is 0 Å². The number of ether oxygens (including phenoxy) is 4. The molecule has 3 rings (SSSR count). The van der Waals surface area contributed by atoms with Crippen LogP contribution in [0.15, 0.2) is 0 Å². The number of hydrogen-bond acceptors (Lipinski definition) is 4.